The smallest absolute Gasteiger partial charge is 0.405 e. The molecule has 0 fully saturated rings. The molecule has 9 heteroatoms. The second kappa shape index (κ2) is 10.3. The molecule has 29 heavy (non-hydrogen) atoms. The van der Waals surface area contributed by atoms with Gasteiger partial charge in [-0.05, 0) is 17.5 Å². The van der Waals surface area contributed by atoms with Gasteiger partial charge in [0.2, 0.25) is 0 Å². The molecule has 154 valence electrons. The largest absolute Gasteiger partial charge is 0.573 e. The Hall–Kier alpha value is -2.56. The van der Waals surface area contributed by atoms with Crippen molar-refractivity contribution in [3.63, 3.8) is 0 Å². The first kappa shape index (κ1) is 22.7. The number of hydrogen-bond acceptors (Lipinski definition) is 3. The van der Waals surface area contributed by atoms with E-state index in [1.54, 1.807) is 25.4 Å². The average Bonchev–Trinajstić information content (AvgIpc) is 2.68. The Bertz CT molecular complexity index is 974. The summed E-state index contributed by atoms with van der Waals surface area (Å²) in [5.41, 5.74) is 1.22. The van der Waals surface area contributed by atoms with Gasteiger partial charge in [0, 0.05) is 30.7 Å². The van der Waals surface area contributed by atoms with E-state index in [0.717, 1.165) is 16.5 Å². The van der Waals surface area contributed by atoms with Gasteiger partial charge in [0.1, 0.15) is 5.75 Å². The summed E-state index contributed by atoms with van der Waals surface area (Å²) >= 11 is 0. The van der Waals surface area contributed by atoms with Crippen LogP contribution < -0.4 is 15.4 Å². The van der Waals surface area contributed by atoms with Gasteiger partial charge in [-0.25, -0.2) is 0 Å². The fraction of sp³-hybridized carbons (Fsp3) is 0.200. The Morgan fingerprint density at radius 3 is 2.45 bits per heavy atom. The number of benzene rings is 2. The molecular formula is C20H20F3IN4O. The van der Waals surface area contributed by atoms with Gasteiger partial charge in [0.05, 0.1) is 12.2 Å². The zero-order valence-corrected chi connectivity index (χ0v) is 17.9. The van der Waals surface area contributed by atoms with E-state index in [1.807, 2.05) is 30.3 Å². The zero-order valence-electron chi connectivity index (χ0n) is 15.5. The van der Waals surface area contributed by atoms with Crippen LogP contribution in [0, 0.1) is 0 Å². The molecule has 0 saturated carbocycles. The number of ether oxygens (including phenoxy) is 1. The summed E-state index contributed by atoms with van der Waals surface area (Å²) in [5, 5.41) is 8.23. The molecule has 0 unspecified atom stereocenters. The quantitative estimate of drug-likeness (QED) is 0.296. The minimum absolute atomic E-state index is 0. The summed E-state index contributed by atoms with van der Waals surface area (Å²) in [5.74, 6) is 0.199. The summed E-state index contributed by atoms with van der Waals surface area (Å²) in [6.45, 7) is 0.538. The third kappa shape index (κ3) is 6.48. The molecule has 0 bridgehead atoms. The predicted molar refractivity (Wildman–Crippen MR) is 117 cm³/mol. The lowest BCUT2D eigenvalue weighted by Gasteiger charge is -2.16. The summed E-state index contributed by atoms with van der Waals surface area (Å²) < 4.78 is 41.7. The van der Waals surface area contributed by atoms with Gasteiger partial charge < -0.3 is 15.4 Å². The van der Waals surface area contributed by atoms with Crippen LogP contribution in [0.15, 0.2) is 65.8 Å². The number of alkyl halides is 3. The van der Waals surface area contributed by atoms with E-state index in [1.165, 1.54) is 12.1 Å². The number of aliphatic imine (C=N–C) groups is 1. The minimum atomic E-state index is -4.74. The molecule has 3 aromatic rings. The molecule has 0 spiro atoms. The fourth-order valence-corrected chi connectivity index (χ4v) is 2.76. The lowest BCUT2D eigenvalue weighted by molar-refractivity contribution is -0.274. The van der Waals surface area contributed by atoms with Crippen molar-refractivity contribution in [2.45, 2.75) is 19.5 Å². The monoisotopic (exact) mass is 516 g/mol. The van der Waals surface area contributed by atoms with Crippen LogP contribution in [0.3, 0.4) is 0 Å². The highest BCUT2D eigenvalue weighted by Crippen LogP contribution is 2.26. The van der Waals surface area contributed by atoms with Gasteiger partial charge in [-0.1, -0.05) is 42.5 Å². The van der Waals surface area contributed by atoms with E-state index >= 15 is 0 Å². The molecule has 0 aliphatic heterocycles. The average molecular weight is 516 g/mol. The number of guanidine groups is 1. The Morgan fingerprint density at radius 1 is 1.00 bits per heavy atom. The molecule has 5 nitrogen and oxygen atoms in total. The van der Waals surface area contributed by atoms with Gasteiger partial charge in [0.25, 0.3) is 0 Å². The lowest BCUT2D eigenvalue weighted by Crippen LogP contribution is -2.36. The number of hydrogen-bond donors (Lipinski definition) is 2. The van der Waals surface area contributed by atoms with Gasteiger partial charge in [0.15, 0.2) is 5.96 Å². The number of rotatable bonds is 5. The third-order valence-corrected chi connectivity index (χ3v) is 4.05. The Balaban J connectivity index is 0.00000300. The highest BCUT2D eigenvalue weighted by Gasteiger charge is 2.31. The maximum Gasteiger partial charge on any atom is 0.573 e. The molecule has 0 radical (unpaired) electrons. The van der Waals surface area contributed by atoms with E-state index in [2.05, 4.69) is 25.3 Å². The normalized spacial score (nSPS) is 11.7. The predicted octanol–water partition coefficient (Wildman–Crippen LogP) is 4.62. The van der Waals surface area contributed by atoms with Crippen LogP contribution in [0.5, 0.6) is 5.75 Å². The Kier molecular flexibility index (Phi) is 8.06. The van der Waals surface area contributed by atoms with Crippen molar-refractivity contribution in [3.05, 3.63) is 72.1 Å². The van der Waals surface area contributed by atoms with Crippen molar-refractivity contribution in [1.29, 1.82) is 0 Å². The number of halogens is 4. The molecule has 1 aromatic heterocycles. The number of para-hydroxylation sites is 1. The van der Waals surface area contributed by atoms with E-state index in [9.17, 15) is 13.2 Å². The van der Waals surface area contributed by atoms with Crippen molar-refractivity contribution in [2.24, 2.45) is 4.99 Å². The van der Waals surface area contributed by atoms with Crippen molar-refractivity contribution in [2.75, 3.05) is 7.05 Å². The molecule has 0 saturated heterocycles. The topological polar surface area (TPSA) is 58.5 Å². The molecule has 0 amide bonds. The van der Waals surface area contributed by atoms with Crippen LogP contribution in [0.4, 0.5) is 13.2 Å². The van der Waals surface area contributed by atoms with Crippen molar-refractivity contribution in [3.8, 4) is 5.75 Å². The SMILES string of the molecule is CN=C(NCc1ccccc1OC(F)(F)F)NCc1nccc2ccccc12.I. The number of nitrogens with zero attached hydrogens (tertiary/aromatic N) is 2. The standard InChI is InChI=1S/C20H19F3N4O.HI/c1-24-19(26-12-15-7-3-5-9-18(15)28-20(21,22)23)27-13-17-16-8-4-2-6-14(16)10-11-25-17;/h2-11H,12-13H2,1H3,(H2,24,26,27);1H. The van der Waals surface area contributed by atoms with Gasteiger partial charge in [-0.2, -0.15) is 0 Å². The molecular weight excluding hydrogens is 496 g/mol. The van der Waals surface area contributed by atoms with Gasteiger partial charge in [-0.3, -0.25) is 9.98 Å². The molecule has 0 aliphatic rings. The first-order chi connectivity index (χ1) is 13.5. The highest BCUT2D eigenvalue weighted by molar-refractivity contribution is 14.0. The first-order valence-electron chi connectivity index (χ1n) is 8.57. The second-order valence-corrected chi connectivity index (χ2v) is 5.91. The van der Waals surface area contributed by atoms with E-state index in [0.29, 0.717) is 18.1 Å². The Labute approximate surface area is 183 Å². The number of nitrogens with one attached hydrogen (secondary N) is 2. The van der Waals surface area contributed by atoms with Crippen LogP contribution >= 0.6 is 24.0 Å². The van der Waals surface area contributed by atoms with Crippen molar-refractivity contribution in [1.82, 2.24) is 15.6 Å². The van der Waals surface area contributed by atoms with Gasteiger partial charge in [-0.15, -0.1) is 37.1 Å². The second-order valence-electron chi connectivity index (χ2n) is 5.91. The number of fused-ring (bicyclic) bond motifs is 1. The third-order valence-electron chi connectivity index (χ3n) is 4.05. The van der Waals surface area contributed by atoms with Crippen LogP contribution in [-0.2, 0) is 13.1 Å². The van der Waals surface area contributed by atoms with E-state index in [-0.39, 0.29) is 36.3 Å². The molecule has 2 N–H and O–H groups in total. The Morgan fingerprint density at radius 2 is 1.69 bits per heavy atom. The van der Waals surface area contributed by atoms with Crippen molar-refractivity contribution < 1.29 is 17.9 Å². The summed E-state index contributed by atoms with van der Waals surface area (Å²) in [4.78, 5) is 8.50. The molecule has 3 rings (SSSR count). The summed E-state index contributed by atoms with van der Waals surface area (Å²) in [7, 11) is 1.59. The molecule has 1 heterocycles. The van der Waals surface area contributed by atoms with Crippen LogP contribution in [0.1, 0.15) is 11.3 Å². The zero-order chi connectivity index (χ0) is 20.0. The maximum atomic E-state index is 12.5. The van der Waals surface area contributed by atoms with E-state index in [4.69, 9.17) is 0 Å². The van der Waals surface area contributed by atoms with Crippen LogP contribution in [-0.4, -0.2) is 24.4 Å². The lowest BCUT2D eigenvalue weighted by atomic mass is 10.1. The van der Waals surface area contributed by atoms with Gasteiger partial charge >= 0.3 is 6.36 Å². The van der Waals surface area contributed by atoms with E-state index < -0.39 is 6.36 Å². The molecule has 2 aromatic carbocycles. The minimum Gasteiger partial charge on any atom is -0.405 e. The van der Waals surface area contributed by atoms with Crippen molar-refractivity contribution >= 4 is 40.7 Å². The summed E-state index contributed by atoms with van der Waals surface area (Å²) in [6.07, 6.45) is -3.00. The summed E-state index contributed by atoms with van der Waals surface area (Å²) in [6, 6.07) is 15.8. The molecule has 0 aliphatic carbocycles. The fourth-order valence-electron chi connectivity index (χ4n) is 2.76. The maximum absolute atomic E-state index is 12.5. The highest BCUT2D eigenvalue weighted by atomic mass is 127. The first-order valence-corrected chi connectivity index (χ1v) is 8.57. The molecule has 0 atom stereocenters. The van der Waals surface area contributed by atoms with Crippen LogP contribution in [0.2, 0.25) is 0 Å². The number of pyridine rings is 1. The number of aromatic nitrogens is 1. The van der Waals surface area contributed by atoms with Crippen LogP contribution in [0.25, 0.3) is 10.8 Å².